The van der Waals surface area contributed by atoms with Crippen molar-refractivity contribution in [2.24, 2.45) is 0 Å². The number of amides is 1. The van der Waals surface area contributed by atoms with Crippen LogP contribution in [0.15, 0.2) is 77.7 Å². The van der Waals surface area contributed by atoms with Gasteiger partial charge in [-0.1, -0.05) is 24.3 Å². The number of carbonyl (C=O) groups excluding carboxylic acids is 1. The zero-order chi connectivity index (χ0) is 22.4. The number of hydrogen-bond acceptors (Lipinski definition) is 5. The van der Waals surface area contributed by atoms with E-state index in [0.29, 0.717) is 22.7 Å². The van der Waals surface area contributed by atoms with E-state index in [1.165, 1.54) is 18.2 Å². The molecule has 3 aromatic carbocycles. The highest BCUT2D eigenvalue weighted by molar-refractivity contribution is 7.92. The largest absolute Gasteiger partial charge is 0.497 e. The Hall–Kier alpha value is -3.52. The third-order valence-corrected chi connectivity index (χ3v) is 6.08. The van der Waals surface area contributed by atoms with Crippen molar-refractivity contribution in [1.29, 1.82) is 0 Å². The van der Waals surface area contributed by atoms with Gasteiger partial charge in [0, 0.05) is 16.8 Å². The van der Waals surface area contributed by atoms with Gasteiger partial charge in [0.25, 0.3) is 15.9 Å². The standard InChI is InChI=1S/C23H24N2O5S/c1-16(21-15-19(29-2)12-13-22(21)30-3)24-23(26)17-8-7-9-18(14-17)25-31(27,28)20-10-5-4-6-11-20/h4-16,25H,1-3H3,(H,24,26)/t16-/m1/s1. The SMILES string of the molecule is COc1ccc(OC)c([C@@H](C)NC(=O)c2cccc(NS(=O)(=O)c3ccccc3)c2)c1. The Labute approximate surface area is 182 Å². The summed E-state index contributed by atoms with van der Waals surface area (Å²) in [6.07, 6.45) is 0. The van der Waals surface area contributed by atoms with Crippen molar-refractivity contribution in [2.45, 2.75) is 17.9 Å². The van der Waals surface area contributed by atoms with E-state index < -0.39 is 10.0 Å². The van der Waals surface area contributed by atoms with Crippen molar-refractivity contribution in [1.82, 2.24) is 5.32 Å². The maximum Gasteiger partial charge on any atom is 0.261 e. The molecule has 0 spiro atoms. The molecule has 162 valence electrons. The van der Waals surface area contributed by atoms with Gasteiger partial charge in [-0.3, -0.25) is 9.52 Å². The van der Waals surface area contributed by atoms with Gasteiger partial charge < -0.3 is 14.8 Å². The first-order valence-electron chi connectivity index (χ1n) is 9.55. The van der Waals surface area contributed by atoms with Crippen LogP contribution in [0.4, 0.5) is 5.69 Å². The van der Waals surface area contributed by atoms with Crippen molar-refractivity contribution >= 4 is 21.6 Å². The van der Waals surface area contributed by atoms with Gasteiger partial charge in [-0.2, -0.15) is 0 Å². The summed E-state index contributed by atoms with van der Waals surface area (Å²) in [7, 11) is -0.627. The summed E-state index contributed by atoms with van der Waals surface area (Å²) in [5, 5.41) is 2.91. The van der Waals surface area contributed by atoms with E-state index in [1.807, 2.05) is 6.92 Å². The van der Waals surface area contributed by atoms with Crippen LogP contribution in [0, 0.1) is 0 Å². The average Bonchev–Trinajstić information content (AvgIpc) is 2.79. The molecule has 0 heterocycles. The molecule has 0 aromatic heterocycles. The predicted octanol–water partition coefficient (Wildman–Crippen LogP) is 4.00. The summed E-state index contributed by atoms with van der Waals surface area (Å²) in [6.45, 7) is 1.83. The number of sulfonamides is 1. The molecule has 1 atom stereocenters. The Bertz CT molecular complexity index is 1160. The normalized spacial score (nSPS) is 12.0. The lowest BCUT2D eigenvalue weighted by atomic mass is 10.1. The first-order chi connectivity index (χ1) is 14.8. The fraction of sp³-hybridized carbons (Fsp3) is 0.174. The van der Waals surface area contributed by atoms with E-state index in [-0.39, 0.29) is 16.8 Å². The Balaban J connectivity index is 1.78. The highest BCUT2D eigenvalue weighted by Gasteiger charge is 2.18. The summed E-state index contributed by atoms with van der Waals surface area (Å²) in [5.74, 6) is 0.922. The minimum atomic E-state index is -3.75. The molecule has 0 unspecified atom stereocenters. The summed E-state index contributed by atoms with van der Waals surface area (Å²) >= 11 is 0. The molecule has 1 amide bonds. The van der Waals surface area contributed by atoms with Crippen molar-refractivity contribution in [3.05, 3.63) is 83.9 Å². The van der Waals surface area contributed by atoms with Crippen LogP contribution in [0.1, 0.15) is 28.9 Å². The zero-order valence-electron chi connectivity index (χ0n) is 17.5. The molecule has 0 radical (unpaired) electrons. The van der Waals surface area contributed by atoms with Gasteiger partial charge in [-0.15, -0.1) is 0 Å². The van der Waals surface area contributed by atoms with Gasteiger partial charge in [0.1, 0.15) is 11.5 Å². The fourth-order valence-electron chi connectivity index (χ4n) is 3.07. The monoisotopic (exact) mass is 440 g/mol. The van der Waals surface area contributed by atoms with Crippen LogP contribution < -0.4 is 19.5 Å². The lowest BCUT2D eigenvalue weighted by molar-refractivity contribution is 0.0939. The summed E-state index contributed by atoms with van der Waals surface area (Å²) < 4.78 is 38.2. The smallest absolute Gasteiger partial charge is 0.261 e. The third-order valence-electron chi connectivity index (χ3n) is 4.68. The van der Waals surface area contributed by atoms with E-state index in [0.717, 1.165) is 5.56 Å². The summed E-state index contributed by atoms with van der Waals surface area (Å²) in [4.78, 5) is 13.0. The number of methoxy groups -OCH3 is 2. The van der Waals surface area contributed by atoms with Crippen LogP contribution in [-0.2, 0) is 10.0 Å². The second-order valence-corrected chi connectivity index (χ2v) is 8.48. The van der Waals surface area contributed by atoms with E-state index in [1.54, 1.807) is 68.8 Å². The molecular formula is C23H24N2O5S. The molecular weight excluding hydrogens is 416 g/mol. The number of ether oxygens (including phenoxy) is 2. The van der Waals surface area contributed by atoms with Crippen molar-refractivity contribution < 1.29 is 22.7 Å². The van der Waals surface area contributed by atoms with Crippen LogP contribution in [-0.4, -0.2) is 28.5 Å². The Morgan fingerprint density at radius 1 is 0.903 bits per heavy atom. The number of benzene rings is 3. The summed E-state index contributed by atoms with van der Waals surface area (Å²) in [6, 6.07) is 19.3. The molecule has 7 nitrogen and oxygen atoms in total. The fourth-order valence-corrected chi connectivity index (χ4v) is 4.14. The molecule has 2 N–H and O–H groups in total. The van der Waals surface area contributed by atoms with Gasteiger partial charge in [0.15, 0.2) is 0 Å². The lowest BCUT2D eigenvalue weighted by Gasteiger charge is -2.18. The first kappa shape index (κ1) is 22.2. The molecule has 31 heavy (non-hydrogen) atoms. The van der Waals surface area contributed by atoms with Gasteiger partial charge in [0.05, 0.1) is 25.2 Å². The molecule has 0 saturated carbocycles. The molecule has 0 bridgehead atoms. The van der Waals surface area contributed by atoms with Crippen LogP contribution in [0.3, 0.4) is 0 Å². The van der Waals surface area contributed by atoms with Gasteiger partial charge in [-0.25, -0.2) is 8.42 Å². The quantitative estimate of drug-likeness (QED) is 0.552. The molecule has 8 heteroatoms. The predicted molar refractivity (Wildman–Crippen MR) is 119 cm³/mol. The average molecular weight is 441 g/mol. The summed E-state index contributed by atoms with van der Waals surface area (Å²) in [5.41, 5.74) is 1.38. The zero-order valence-corrected chi connectivity index (χ0v) is 18.3. The molecule has 3 rings (SSSR count). The van der Waals surface area contributed by atoms with Crippen LogP contribution >= 0.6 is 0 Å². The first-order valence-corrected chi connectivity index (χ1v) is 11.0. The molecule has 0 saturated heterocycles. The molecule has 0 aliphatic carbocycles. The minimum Gasteiger partial charge on any atom is -0.497 e. The molecule has 0 aliphatic heterocycles. The highest BCUT2D eigenvalue weighted by atomic mass is 32.2. The van der Waals surface area contributed by atoms with Crippen LogP contribution in [0.5, 0.6) is 11.5 Å². The second-order valence-electron chi connectivity index (χ2n) is 6.80. The second kappa shape index (κ2) is 9.53. The third kappa shape index (κ3) is 5.35. The van der Waals surface area contributed by atoms with Crippen molar-refractivity contribution in [2.75, 3.05) is 18.9 Å². The van der Waals surface area contributed by atoms with E-state index in [2.05, 4.69) is 10.0 Å². The maximum absolute atomic E-state index is 12.8. The van der Waals surface area contributed by atoms with Gasteiger partial charge in [0.2, 0.25) is 0 Å². The van der Waals surface area contributed by atoms with Crippen molar-refractivity contribution in [3.63, 3.8) is 0 Å². The Morgan fingerprint density at radius 3 is 2.32 bits per heavy atom. The molecule has 0 fully saturated rings. The van der Waals surface area contributed by atoms with E-state index >= 15 is 0 Å². The lowest BCUT2D eigenvalue weighted by Crippen LogP contribution is -2.27. The Morgan fingerprint density at radius 2 is 1.65 bits per heavy atom. The van der Waals surface area contributed by atoms with Gasteiger partial charge >= 0.3 is 0 Å². The number of anilines is 1. The molecule has 0 aliphatic rings. The number of carbonyl (C=O) groups is 1. The number of nitrogens with one attached hydrogen (secondary N) is 2. The van der Waals surface area contributed by atoms with E-state index in [9.17, 15) is 13.2 Å². The van der Waals surface area contributed by atoms with Gasteiger partial charge in [-0.05, 0) is 55.5 Å². The topological polar surface area (TPSA) is 93.7 Å². The molecule has 3 aromatic rings. The van der Waals surface area contributed by atoms with Crippen molar-refractivity contribution in [3.8, 4) is 11.5 Å². The minimum absolute atomic E-state index is 0.142. The Kier molecular flexibility index (Phi) is 6.81. The van der Waals surface area contributed by atoms with E-state index in [4.69, 9.17) is 9.47 Å². The number of hydrogen-bond donors (Lipinski definition) is 2. The van der Waals surface area contributed by atoms with Crippen LogP contribution in [0.25, 0.3) is 0 Å². The highest BCUT2D eigenvalue weighted by Crippen LogP contribution is 2.29. The number of rotatable bonds is 8. The maximum atomic E-state index is 12.8. The van der Waals surface area contributed by atoms with Crippen LogP contribution in [0.2, 0.25) is 0 Å².